The molecule has 0 atom stereocenters. The number of carbonyl (C=O) groups is 1. The van der Waals surface area contributed by atoms with Crippen LogP contribution < -0.4 is 23.8 Å². The smallest absolute Gasteiger partial charge is 0.264 e. The number of hydrogen-bond donors (Lipinski definition) is 1. The molecule has 1 N–H and O–H groups in total. The van der Waals surface area contributed by atoms with Gasteiger partial charge < -0.3 is 19.5 Å². The van der Waals surface area contributed by atoms with Gasteiger partial charge in [0, 0.05) is 18.7 Å². The third kappa shape index (κ3) is 5.73. The predicted molar refractivity (Wildman–Crippen MR) is 131 cm³/mol. The second kappa shape index (κ2) is 11.1. The van der Waals surface area contributed by atoms with Crippen molar-refractivity contribution in [2.45, 2.75) is 4.90 Å². The maximum atomic E-state index is 13.1. The van der Waals surface area contributed by atoms with Gasteiger partial charge in [-0.15, -0.1) is 0 Å². The Morgan fingerprint density at radius 3 is 2.26 bits per heavy atom. The van der Waals surface area contributed by atoms with Gasteiger partial charge >= 0.3 is 0 Å². The van der Waals surface area contributed by atoms with Crippen molar-refractivity contribution in [2.24, 2.45) is 0 Å². The monoisotopic (exact) mass is 504 g/mol. The standard InChI is InChI=1S/C24H25ClN2O6S/c1-27(34(29,30)19-12-13-22(31-2)23(16-19)32-3)18-10-8-17(9-11-18)24(28)26-14-15-33-21-7-5-4-6-20(21)25/h4-13,16H,14-15H2,1-3H3,(H,26,28). The second-order valence-corrected chi connectivity index (χ2v) is 9.45. The Labute approximate surface area is 204 Å². The van der Waals surface area contributed by atoms with Crippen LogP contribution in [0.2, 0.25) is 5.02 Å². The molecule has 0 fully saturated rings. The van der Waals surface area contributed by atoms with E-state index in [1.165, 1.54) is 39.5 Å². The van der Waals surface area contributed by atoms with Crippen molar-refractivity contribution in [3.63, 3.8) is 0 Å². The van der Waals surface area contributed by atoms with E-state index in [4.69, 9.17) is 25.8 Å². The minimum Gasteiger partial charge on any atom is -0.493 e. The largest absolute Gasteiger partial charge is 0.493 e. The SMILES string of the molecule is COc1ccc(S(=O)(=O)N(C)c2ccc(C(=O)NCCOc3ccccc3Cl)cc2)cc1OC. The molecule has 0 aromatic heterocycles. The molecule has 0 saturated carbocycles. The zero-order chi connectivity index (χ0) is 24.7. The number of sulfonamides is 1. The third-order valence-electron chi connectivity index (χ3n) is 4.99. The molecule has 0 spiro atoms. The quantitative estimate of drug-likeness (QED) is 0.419. The summed E-state index contributed by atoms with van der Waals surface area (Å²) < 4.78 is 43.2. The molecule has 180 valence electrons. The second-order valence-electron chi connectivity index (χ2n) is 7.07. The van der Waals surface area contributed by atoms with E-state index in [2.05, 4.69) is 5.32 Å². The van der Waals surface area contributed by atoms with Crippen molar-refractivity contribution in [2.75, 3.05) is 38.7 Å². The first-order chi connectivity index (χ1) is 16.3. The fourth-order valence-electron chi connectivity index (χ4n) is 3.09. The average Bonchev–Trinajstić information content (AvgIpc) is 2.86. The first kappa shape index (κ1) is 25.2. The summed E-state index contributed by atoms with van der Waals surface area (Å²) in [6, 6.07) is 17.7. The topological polar surface area (TPSA) is 94.2 Å². The van der Waals surface area contributed by atoms with E-state index in [0.717, 1.165) is 4.31 Å². The molecule has 1 amide bonds. The number of methoxy groups -OCH3 is 2. The van der Waals surface area contributed by atoms with E-state index >= 15 is 0 Å². The van der Waals surface area contributed by atoms with Gasteiger partial charge in [-0.05, 0) is 48.5 Å². The molecular formula is C24H25ClN2O6S. The number of rotatable bonds is 10. The lowest BCUT2D eigenvalue weighted by Crippen LogP contribution is -2.28. The van der Waals surface area contributed by atoms with Gasteiger partial charge in [0.2, 0.25) is 0 Å². The van der Waals surface area contributed by atoms with Gasteiger partial charge in [0.25, 0.3) is 15.9 Å². The molecule has 0 aliphatic carbocycles. The first-order valence-corrected chi connectivity index (χ1v) is 12.1. The molecule has 10 heteroatoms. The van der Waals surface area contributed by atoms with Crippen LogP contribution in [0.1, 0.15) is 10.4 Å². The summed E-state index contributed by atoms with van der Waals surface area (Å²) in [7, 11) is 0.487. The summed E-state index contributed by atoms with van der Waals surface area (Å²) in [5, 5.41) is 3.25. The first-order valence-electron chi connectivity index (χ1n) is 10.2. The van der Waals surface area contributed by atoms with Crippen molar-refractivity contribution in [1.82, 2.24) is 5.32 Å². The highest BCUT2D eigenvalue weighted by atomic mass is 35.5. The van der Waals surface area contributed by atoms with Crippen molar-refractivity contribution >= 4 is 33.2 Å². The average molecular weight is 505 g/mol. The minimum atomic E-state index is -3.86. The molecule has 3 aromatic rings. The summed E-state index contributed by atoms with van der Waals surface area (Å²) >= 11 is 6.03. The van der Waals surface area contributed by atoms with Crippen LogP contribution in [0.5, 0.6) is 17.2 Å². The number of halogens is 1. The number of ether oxygens (including phenoxy) is 3. The van der Waals surface area contributed by atoms with E-state index in [1.54, 1.807) is 42.5 Å². The van der Waals surface area contributed by atoms with E-state index in [9.17, 15) is 13.2 Å². The summed E-state index contributed by atoms with van der Waals surface area (Å²) in [6.07, 6.45) is 0. The van der Waals surface area contributed by atoms with Crippen LogP contribution in [0, 0.1) is 0 Å². The van der Waals surface area contributed by atoms with Gasteiger partial charge in [0.05, 0.1) is 36.4 Å². The Bertz CT molecular complexity index is 1250. The van der Waals surface area contributed by atoms with Crippen LogP contribution in [0.4, 0.5) is 5.69 Å². The molecule has 3 rings (SSSR count). The van der Waals surface area contributed by atoms with E-state index in [-0.39, 0.29) is 24.0 Å². The van der Waals surface area contributed by atoms with Crippen molar-refractivity contribution in [3.8, 4) is 17.2 Å². The Balaban J connectivity index is 1.62. The molecule has 8 nitrogen and oxygen atoms in total. The molecule has 0 aliphatic rings. The van der Waals surface area contributed by atoms with Crippen molar-refractivity contribution in [3.05, 3.63) is 77.3 Å². The van der Waals surface area contributed by atoms with Gasteiger partial charge in [0.1, 0.15) is 12.4 Å². The molecular weight excluding hydrogens is 480 g/mol. The highest BCUT2D eigenvalue weighted by Crippen LogP contribution is 2.31. The number of para-hydroxylation sites is 1. The Hall–Kier alpha value is -3.43. The Morgan fingerprint density at radius 1 is 0.941 bits per heavy atom. The van der Waals surface area contributed by atoms with Gasteiger partial charge in [-0.2, -0.15) is 0 Å². The highest BCUT2D eigenvalue weighted by molar-refractivity contribution is 7.92. The van der Waals surface area contributed by atoms with Crippen LogP contribution in [0.15, 0.2) is 71.6 Å². The van der Waals surface area contributed by atoms with Crippen LogP contribution in [-0.4, -0.2) is 48.7 Å². The minimum absolute atomic E-state index is 0.0491. The molecule has 0 saturated heterocycles. The van der Waals surface area contributed by atoms with Crippen LogP contribution in [0.3, 0.4) is 0 Å². The lowest BCUT2D eigenvalue weighted by molar-refractivity contribution is 0.0947. The summed E-state index contributed by atoms with van der Waals surface area (Å²) in [5.74, 6) is 0.973. The van der Waals surface area contributed by atoms with E-state index < -0.39 is 10.0 Å². The fraction of sp³-hybridized carbons (Fsp3) is 0.208. The molecule has 0 unspecified atom stereocenters. The van der Waals surface area contributed by atoms with Gasteiger partial charge in [0.15, 0.2) is 11.5 Å². The number of nitrogens with zero attached hydrogens (tertiary/aromatic N) is 1. The van der Waals surface area contributed by atoms with Crippen LogP contribution in [0.25, 0.3) is 0 Å². The summed E-state index contributed by atoms with van der Waals surface area (Å²) in [6.45, 7) is 0.527. The molecule has 34 heavy (non-hydrogen) atoms. The maximum absolute atomic E-state index is 13.1. The molecule has 0 aliphatic heterocycles. The molecule has 3 aromatic carbocycles. The summed E-state index contributed by atoms with van der Waals surface area (Å²) in [5.41, 5.74) is 0.784. The Kier molecular flexibility index (Phi) is 8.25. The van der Waals surface area contributed by atoms with E-state index in [1.807, 2.05) is 6.07 Å². The zero-order valence-electron chi connectivity index (χ0n) is 18.9. The maximum Gasteiger partial charge on any atom is 0.264 e. The fourth-order valence-corrected chi connectivity index (χ4v) is 4.49. The highest BCUT2D eigenvalue weighted by Gasteiger charge is 2.23. The molecule has 0 heterocycles. The van der Waals surface area contributed by atoms with Crippen LogP contribution in [-0.2, 0) is 10.0 Å². The summed E-state index contributed by atoms with van der Waals surface area (Å²) in [4.78, 5) is 12.5. The number of amides is 1. The van der Waals surface area contributed by atoms with Gasteiger partial charge in [-0.25, -0.2) is 8.42 Å². The number of nitrogens with one attached hydrogen (secondary N) is 1. The lowest BCUT2D eigenvalue weighted by atomic mass is 10.2. The number of carbonyl (C=O) groups excluding carboxylic acids is 1. The van der Waals surface area contributed by atoms with Crippen molar-refractivity contribution < 1.29 is 27.4 Å². The molecule has 0 bridgehead atoms. The van der Waals surface area contributed by atoms with E-state index in [0.29, 0.717) is 33.5 Å². The predicted octanol–water partition coefficient (Wildman–Crippen LogP) is 3.99. The Morgan fingerprint density at radius 2 is 1.62 bits per heavy atom. The van der Waals surface area contributed by atoms with Gasteiger partial charge in [-0.3, -0.25) is 9.10 Å². The van der Waals surface area contributed by atoms with Crippen molar-refractivity contribution in [1.29, 1.82) is 0 Å². The number of benzene rings is 3. The molecule has 0 radical (unpaired) electrons. The lowest BCUT2D eigenvalue weighted by Gasteiger charge is -2.20. The zero-order valence-corrected chi connectivity index (χ0v) is 20.5. The number of hydrogen-bond acceptors (Lipinski definition) is 6. The third-order valence-corrected chi connectivity index (χ3v) is 7.08. The van der Waals surface area contributed by atoms with Gasteiger partial charge in [-0.1, -0.05) is 23.7 Å². The normalized spacial score (nSPS) is 10.9. The number of anilines is 1. The van der Waals surface area contributed by atoms with Crippen LogP contribution >= 0.6 is 11.6 Å².